The Labute approximate surface area is 284 Å². The van der Waals surface area contributed by atoms with Crippen molar-refractivity contribution in [3.63, 3.8) is 0 Å². The van der Waals surface area contributed by atoms with Gasteiger partial charge in [-0.3, -0.25) is 0 Å². The lowest BCUT2D eigenvalue weighted by atomic mass is 9.79. The van der Waals surface area contributed by atoms with Crippen molar-refractivity contribution in [2.75, 3.05) is 0 Å². The van der Waals surface area contributed by atoms with Gasteiger partial charge < -0.3 is 0 Å². The van der Waals surface area contributed by atoms with Crippen molar-refractivity contribution in [1.29, 1.82) is 0 Å². The first-order valence-corrected chi connectivity index (χ1v) is 17.6. The summed E-state index contributed by atoms with van der Waals surface area (Å²) in [4.78, 5) is 1.42. The summed E-state index contributed by atoms with van der Waals surface area (Å²) in [5.74, 6) is 0. The Morgan fingerprint density at radius 3 is 1.71 bits per heavy atom. The molecule has 1 aromatic heterocycles. The Kier molecular flexibility index (Phi) is 5.89. The molecule has 1 aliphatic carbocycles. The molecule has 1 heterocycles. The highest BCUT2D eigenvalue weighted by Crippen LogP contribution is 2.58. The summed E-state index contributed by atoms with van der Waals surface area (Å²) in [5.41, 5.74) is 11.9. The second kappa shape index (κ2) is 10.2. The third-order valence-electron chi connectivity index (χ3n) is 10.6. The molecule has 48 heavy (non-hydrogen) atoms. The van der Waals surface area contributed by atoms with Crippen molar-refractivity contribution in [1.82, 2.24) is 0 Å². The van der Waals surface area contributed by atoms with E-state index in [1.54, 1.807) is 0 Å². The predicted octanol–water partition coefficient (Wildman–Crippen LogP) is 13.7. The van der Waals surface area contributed by atoms with E-state index in [1.807, 2.05) is 11.3 Å². The molecule has 226 valence electrons. The molecular formula is C47H32S. The predicted molar refractivity (Wildman–Crippen MR) is 208 cm³/mol. The van der Waals surface area contributed by atoms with Crippen LogP contribution in [0.25, 0.3) is 86.2 Å². The van der Waals surface area contributed by atoms with Crippen LogP contribution in [0.2, 0.25) is 0 Å². The van der Waals surface area contributed by atoms with Crippen LogP contribution in [-0.2, 0) is 5.41 Å². The van der Waals surface area contributed by atoms with E-state index < -0.39 is 0 Å². The van der Waals surface area contributed by atoms with Gasteiger partial charge in [0.05, 0.1) is 0 Å². The molecule has 0 aliphatic heterocycles. The Balaban J connectivity index is 1.34. The summed E-state index contributed by atoms with van der Waals surface area (Å²) in [5, 5.41) is 9.09. The Bertz CT molecular complexity index is 2690. The minimum absolute atomic E-state index is 0.0807. The number of thiophene rings is 1. The molecule has 0 bridgehead atoms. The van der Waals surface area contributed by atoms with Gasteiger partial charge in [0.1, 0.15) is 0 Å². The van der Waals surface area contributed by atoms with E-state index >= 15 is 0 Å². The van der Waals surface area contributed by atoms with E-state index in [1.165, 1.54) is 97.4 Å². The quantitative estimate of drug-likeness (QED) is 0.171. The molecule has 0 radical (unpaired) electrons. The molecule has 0 spiro atoms. The minimum Gasteiger partial charge on any atom is -0.135 e. The first kappa shape index (κ1) is 27.6. The van der Waals surface area contributed by atoms with Gasteiger partial charge in [0.25, 0.3) is 0 Å². The number of hydrogen-bond acceptors (Lipinski definition) is 1. The topological polar surface area (TPSA) is 0 Å². The molecule has 0 unspecified atom stereocenters. The van der Waals surface area contributed by atoms with Crippen molar-refractivity contribution in [3.8, 4) is 43.8 Å². The summed E-state index contributed by atoms with van der Waals surface area (Å²) >= 11 is 1.95. The number of hydrogen-bond donors (Lipinski definition) is 0. The van der Waals surface area contributed by atoms with Crippen molar-refractivity contribution in [2.24, 2.45) is 0 Å². The lowest BCUT2D eigenvalue weighted by Crippen LogP contribution is -2.15. The van der Waals surface area contributed by atoms with E-state index in [9.17, 15) is 0 Å². The van der Waals surface area contributed by atoms with Gasteiger partial charge in [-0.05, 0) is 101 Å². The maximum absolute atomic E-state index is 2.41. The van der Waals surface area contributed by atoms with Gasteiger partial charge in [-0.15, -0.1) is 11.3 Å². The number of benzene rings is 8. The zero-order chi connectivity index (χ0) is 32.0. The van der Waals surface area contributed by atoms with Gasteiger partial charge in [0, 0.05) is 20.4 Å². The molecule has 0 N–H and O–H groups in total. The van der Waals surface area contributed by atoms with Crippen molar-refractivity contribution < 1.29 is 0 Å². The van der Waals surface area contributed by atoms with E-state index in [0.29, 0.717) is 0 Å². The molecule has 1 aliphatic rings. The normalized spacial score (nSPS) is 13.4. The first-order chi connectivity index (χ1) is 23.6. The number of fused-ring (bicyclic) bond motifs is 8. The highest BCUT2D eigenvalue weighted by molar-refractivity contribution is 7.22. The standard InChI is InChI=1S/C47H32S/c1-47(2)40-25-13-12-23-37(40)46-45(47)44-38(24-14-26-41(44)48-46)42-33-19-8-10-21-35(33)43(36-22-11-9-20-34(36)42)39-28-31(29-15-4-3-5-16-29)27-30-17-6-7-18-32(30)39/h3-28H,1-2H3. The third kappa shape index (κ3) is 3.83. The number of rotatable bonds is 3. The average Bonchev–Trinajstić information content (AvgIpc) is 3.64. The molecule has 10 rings (SSSR count). The lowest BCUT2D eigenvalue weighted by molar-refractivity contribution is 0.667. The summed E-state index contributed by atoms with van der Waals surface area (Å²) < 4.78 is 1.36. The smallest absolute Gasteiger partial charge is 0.0399 e. The molecule has 8 aromatic carbocycles. The van der Waals surface area contributed by atoms with Gasteiger partial charge in [-0.1, -0.05) is 153 Å². The fraction of sp³-hybridized carbons (Fsp3) is 0.0638. The highest BCUT2D eigenvalue weighted by atomic mass is 32.1. The van der Waals surface area contributed by atoms with Gasteiger partial charge in [0.15, 0.2) is 0 Å². The van der Waals surface area contributed by atoms with Crippen LogP contribution in [0.3, 0.4) is 0 Å². The van der Waals surface area contributed by atoms with Crippen molar-refractivity contribution >= 4 is 53.7 Å². The zero-order valence-electron chi connectivity index (χ0n) is 26.9. The summed E-state index contributed by atoms with van der Waals surface area (Å²) in [6.07, 6.45) is 0. The maximum Gasteiger partial charge on any atom is 0.0399 e. The highest BCUT2D eigenvalue weighted by Gasteiger charge is 2.39. The maximum atomic E-state index is 2.41. The Hall–Kier alpha value is -5.50. The molecule has 0 saturated heterocycles. The monoisotopic (exact) mass is 628 g/mol. The second-order valence-corrected chi connectivity index (χ2v) is 14.7. The molecule has 0 fully saturated rings. The molecule has 0 atom stereocenters. The lowest BCUT2D eigenvalue weighted by Gasteiger charge is -2.24. The van der Waals surface area contributed by atoms with Crippen molar-refractivity contribution in [3.05, 3.63) is 169 Å². The summed E-state index contributed by atoms with van der Waals surface area (Å²) in [7, 11) is 0. The van der Waals surface area contributed by atoms with E-state index in [2.05, 4.69) is 172 Å². The van der Waals surface area contributed by atoms with Crippen LogP contribution in [-0.4, -0.2) is 0 Å². The first-order valence-electron chi connectivity index (χ1n) is 16.8. The fourth-order valence-electron chi connectivity index (χ4n) is 8.53. The van der Waals surface area contributed by atoms with Crippen molar-refractivity contribution in [2.45, 2.75) is 19.3 Å². The van der Waals surface area contributed by atoms with Crippen LogP contribution in [0, 0.1) is 0 Å². The van der Waals surface area contributed by atoms with E-state index in [0.717, 1.165) is 0 Å². The molecule has 1 heteroatoms. The fourth-order valence-corrected chi connectivity index (χ4v) is 9.95. The van der Waals surface area contributed by atoms with Gasteiger partial charge in [-0.2, -0.15) is 0 Å². The molecule has 0 saturated carbocycles. The zero-order valence-corrected chi connectivity index (χ0v) is 27.7. The second-order valence-electron chi connectivity index (χ2n) is 13.6. The summed E-state index contributed by atoms with van der Waals surface area (Å²) in [6, 6.07) is 58.5. The SMILES string of the molecule is CC1(C)c2ccccc2-c2sc3cccc(-c4c5ccccc5c(-c5cc(-c6ccccc6)cc6ccccc56)c5ccccc45)c3c21. The van der Waals surface area contributed by atoms with E-state index in [-0.39, 0.29) is 5.41 Å². The third-order valence-corrected chi connectivity index (χ3v) is 11.8. The minimum atomic E-state index is -0.0807. The van der Waals surface area contributed by atoms with Crippen LogP contribution in [0.1, 0.15) is 25.0 Å². The molecule has 0 amide bonds. The van der Waals surface area contributed by atoms with Gasteiger partial charge in [0.2, 0.25) is 0 Å². The van der Waals surface area contributed by atoms with E-state index in [4.69, 9.17) is 0 Å². The Morgan fingerprint density at radius 2 is 1.00 bits per heavy atom. The van der Waals surface area contributed by atoms with Gasteiger partial charge in [-0.25, -0.2) is 0 Å². The average molecular weight is 629 g/mol. The van der Waals surface area contributed by atoms with Crippen LogP contribution < -0.4 is 0 Å². The van der Waals surface area contributed by atoms with Crippen LogP contribution >= 0.6 is 11.3 Å². The van der Waals surface area contributed by atoms with Gasteiger partial charge >= 0.3 is 0 Å². The molecule has 9 aromatic rings. The van der Waals surface area contributed by atoms with Crippen LogP contribution in [0.5, 0.6) is 0 Å². The molecule has 0 nitrogen and oxygen atoms in total. The van der Waals surface area contributed by atoms with Crippen LogP contribution in [0.4, 0.5) is 0 Å². The summed E-state index contributed by atoms with van der Waals surface area (Å²) in [6.45, 7) is 4.81. The largest absolute Gasteiger partial charge is 0.135 e. The molecular weight excluding hydrogens is 597 g/mol. The van der Waals surface area contributed by atoms with Crippen LogP contribution in [0.15, 0.2) is 158 Å². The Morgan fingerprint density at radius 1 is 0.438 bits per heavy atom.